The highest BCUT2D eigenvalue weighted by molar-refractivity contribution is 6.33. The van der Waals surface area contributed by atoms with Gasteiger partial charge >= 0.3 is 6.09 Å². The minimum atomic E-state index is -0.444. The summed E-state index contributed by atoms with van der Waals surface area (Å²) >= 11 is 6.47. The number of likely N-dealkylation sites (tertiary alicyclic amines) is 2. The molecule has 3 aromatic rings. The van der Waals surface area contributed by atoms with Gasteiger partial charge in [0.2, 0.25) is 5.95 Å². The molecule has 2 N–H and O–H groups in total. The molecule has 0 bridgehead atoms. The van der Waals surface area contributed by atoms with Gasteiger partial charge in [0.05, 0.1) is 16.9 Å². The van der Waals surface area contributed by atoms with Crippen LogP contribution in [0.3, 0.4) is 0 Å². The van der Waals surface area contributed by atoms with E-state index in [9.17, 15) is 4.79 Å². The van der Waals surface area contributed by atoms with Crippen molar-refractivity contribution in [2.24, 2.45) is 5.92 Å². The zero-order valence-corrected chi connectivity index (χ0v) is 22.6. The topological polar surface area (TPSA) is 99.3 Å². The van der Waals surface area contributed by atoms with Gasteiger partial charge in [-0.3, -0.25) is 0 Å². The van der Waals surface area contributed by atoms with E-state index >= 15 is 0 Å². The quantitative estimate of drug-likeness (QED) is 0.456. The molecule has 5 heterocycles. The molecule has 5 rings (SSSR count). The van der Waals surface area contributed by atoms with Crippen LogP contribution in [-0.2, 0) is 4.74 Å². The normalized spacial score (nSPS) is 19.5. The van der Waals surface area contributed by atoms with Crippen molar-refractivity contribution in [1.29, 1.82) is 0 Å². The lowest BCUT2D eigenvalue weighted by Crippen LogP contribution is -2.42. The average molecular weight is 526 g/mol. The number of aromatic nitrogens is 4. The molecule has 10 heteroatoms. The van der Waals surface area contributed by atoms with E-state index in [4.69, 9.17) is 21.3 Å². The summed E-state index contributed by atoms with van der Waals surface area (Å²) in [5, 5.41) is 5.02. The summed E-state index contributed by atoms with van der Waals surface area (Å²) < 4.78 is 5.52. The number of amides is 1. The molecule has 3 aromatic heterocycles. The number of fused-ring (bicyclic) bond motifs is 1. The van der Waals surface area contributed by atoms with Gasteiger partial charge in [0.1, 0.15) is 11.2 Å². The number of rotatable bonds is 6. The van der Waals surface area contributed by atoms with E-state index in [-0.39, 0.29) is 6.09 Å². The SMILES string of the molecule is CC(C)(C)OC(=O)N1CCC(CCN2CC[C@@H](Nc3ncc(Cl)c(-c4c[nH]c5ncccc45)n3)C2)CC1. The number of ether oxygens (including phenoxy) is 1. The van der Waals surface area contributed by atoms with Crippen molar-refractivity contribution in [2.45, 2.75) is 58.1 Å². The second kappa shape index (κ2) is 10.8. The van der Waals surface area contributed by atoms with Crippen molar-refractivity contribution in [3.05, 3.63) is 35.7 Å². The van der Waals surface area contributed by atoms with Crippen LogP contribution in [0.1, 0.15) is 46.5 Å². The molecule has 2 aliphatic rings. The van der Waals surface area contributed by atoms with Crippen LogP contribution >= 0.6 is 11.6 Å². The van der Waals surface area contributed by atoms with Gasteiger partial charge in [-0.1, -0.05) is 11.6 Å². The lowest BCUT2D eigenvalue weighted by atomic mass is 9.93. The van der Waals surface area contributed by atoms with E-state index in [1.165, 1.54) is 0 Å². The van der Waals surface area contributed by atoms with Crippen molar-refractivity contribution >= 4 is 34.7 Å². The number of nitrogens with zero attached hydrogens (tertiary/aromatic N) is 5. The molecular formula is C27H36ClN7O2. The number of hydrogen-bond donors (Lipinski definition) is 2. The molecule has 1 amide bonds. The van der Waals surface area contributed by atoms with E-state index in [0.29, 0.717) is 28.6 Å². The highest BCUT2D eigenvalue weighted by atomic mass is 35.5. The maximum atomic E-state index is 12.3. The summed E-state index contributed by atoms with van der Waals surface area (Å²) in [4.78, 5) is 33.4. The first-order valence-electron chi connectivity index (χ1n) is 13.2. The zero-order chi connectivity index (χ0) is 26.0. The van der Waals surface area contributed by atoms with Crippen molar-refractivity contribution in [2.75, 3.05) is 38.0 Å². The number of hydrogen-bond acceptors (Lipinski definition) is 7. The van der Waals surface area contributed by atoms with E-state index in [1.54, 1.807) is 12.4 Å². The van der Waals surface area contributed by atoms with Gasteiger partial charge in [-0.25, -0.2) is 19.7 Å². The third kappa shape index (κ3) is 6.33. The number of piperidine rings is 1. The second-order valence-corrected chi connectivity index (χ2v) is 11.5. The Hall–Kier alpha value is -2.91. The third-order valence-corrected chi connectivity index (χ3v) is 7.45. The molecule has 9 nitrogen and oxygen atoms in total. The molecule has 0 unspecified atom stereocenters. The first-order chi connectivity index (χ1) is 17.7. The van der Waals surface area contributed by atoms with Crippen LogP contribution in [0.15, 0.2) is 30.7 Å². The Kier molecular flexibility index (Phi) is 7.53. The third-order valence-electron chi connectivity index (χ3n) is 7.18. The van der Waals surface area contributed by atoms with E-state index in [2.05, 4.69) is 25.2 Å². The molecule has 0 radical (unpaired) electrons. The molecule has 0 saturated carbocycles. The molecule has 0 aliphatic carbocycles. The van der Waals surface area contributed by atoms with Gasteiger partial charge in [0.15, 0.2) is 0 Å². The van der Waals surface area contributed by atoms with Gasteiger partial charge in [-0.15, -0.1) is 0 Å². The Bertz CT molecular complexity index is 1230. The highest BCUT2D eigenvalue weighted by Gasteiger charge is 2.28. The maximum Gasteiger partial charge on any atom is 0.410 e. The van der Waals surface area contributed by atoms with Gasteiger partial charge in [0.25, 0.3) is 0 Å². The highest BCUT2D eigenvalue weighted by Crippen LogP contribution is 2.32. The fourth-order valence-electron chi connectivity index (χ4n) is 5.21. The summed E-state index contributed by atoms with van der Waals surface area (Å²) in [5.74, 6) is 1.25. The maximum absolute atomic E-state index is 12.3. The van der Waals surface area contributed by atoms with Crippen molar-refractivity contribution in [1.82, 2.24) is 29.7 Å². The van der Waals surface area contributed by atoms with E-state index in [0.717, 1.165) is 75.0 Å². The fraction of sp³-hybridized carbons (Fsp3) is 0.556. The predicted molar refractivity (Wildman–Crippen MR) is 146 cm³/mol. The van der Waals surface area contributed by atoms with Crippen molar-refractivity contribution in [3.8, 4) is 11.3 Å². The largest absolute Gasteiger partial charge is 0.444 e. The number of halogens is 1. The lowest BCUT2D eigenvalue weighted by Gasteiger charge is -2.34. The molecule has 2 fully saturated rings. The Labute approximate surface area is 223 Å². The van der Waals surface area contributed by atoms with Crippen molar-refractivity contribution < 1.29 is 9.53 Å². The van der Waals surface area contributed by atoms with Crippen LogP contribution < -0.4 is 5.32 Å². The number of carbonyl (C=O) groups excluding carboxylic acids is 1. The molecule has 0 spiro atoms. The minimum absolute atomic E-state index is 0.187. The Balaban J connectivity index is 1.10. The molecule has 2 aliphatic heterocycles. The van der Waals surface area contributed by atoms with Gasteiger partial charge < -0.3 is 24.8 Å². The minimum Gasteiger partial charge on any atom is -0.444 e. The van der Waals surface area contributed by atoms with Gasteiger partial charge in [-0.05, 0) is 71.0 Å². The Morgan fingerprint density at radius 2 is 2.03 bits per heavy atom. The summed E-state index contributed by atoms with van der Waals surface area (Å²) in [6.07, 6.45) is 9.42. The molecular weight excluding hydrogens is 490 g/mol. The van der Waals surface area contributed by atoms with Crippen LogP contribution in [0.4, 0.5) is 10.7 Å². The first-order valence-corrected chi connectivity index (χ1v) is 13.5. The monoisotopic (exact) mass is 525 g/mol. The number of aromatic amines is 1. The predicted octanol–water partition coefficient (Wildman–Crippen LogP) is 5.20. The number of anilines is 1. The van der Waals surface area contributed by atoms with E-state index < -0.39 is 5.60 Å². The number of carbonyl (C=O) groups is 1. The second-order valence-electron chi connectivity index (χ2n) is 11.1. The van der Waals surface area contributed by atoms with Crippen LogP contribution in [0.5, 0.6) is 0 Å². The smallest absolute Gasteiger partial charge is 0.410 e. The molecule has 0 aromatic carbocycles. The van der Waals surface area contributed by atoms with Crippen LogP contribution in [0.25, 0.3) is 22.3 Å². The Morgan fingerprint density at radius 1 is 1.22 bits per heavy atom. The summed E-state index contributed by atoms with van der Waals surface area (Å²) in [6.45, 7) is 10.4. The first kappa shape index (κ1) is 25.7. The standard InChI is InChI=1S/C27H36ClN7O2/c1-27(2,3)37-26(36)35-13-7-18(8-14-35)6-11-34-12-9-19(17-34)32-25-31-16-22(28)23(33-25)21-15-30-24-20(21)5-4-10-29-24/h4-5,10,15-16,18-19H,6-9,11-14,17H2,1-3H3,(H,29,30)(H,31,32,33)/t19-/m1/s1. The molecule has 198 valence electrons. The lowest BCUT2D eigenvalue weighted by molar-refractivity contribution is 0.0178. The summed E-state index contributed by atoms with van der Waals surface area (Å²) in [6, 6.07) is 4.22. The number of nitrogens with one attached hydrogen (secondary N) is 2. The van der Waals surface area contributed by atoms with Crippen LogP contribution in [0.2, 0.25) is 5.02 Å². The zero-order valence-electron chi connectivity index (χ0n) is 21.8. The fourth-order valence-corrected chi connectivity index (χ4v) is 5.40. The van der Waals surface area contributed by atoms with Crippen LogP contribution in [-0.4, -0.2) is 80.2 Å². The Morgan fingerprint density at radius 3 is 2.81 bits per heavy atom. The average Bonchev–Trinajstić information content (AvgIpc) is 3.50. The number of pyridine rings is 1. The summed E-state index contributed by atoms with van der Waals surface area (Å²) in [7, 11) is 0. The summed E-state index contributed by atoms with van der Waals surface area (Å²) in [5.41, 5.74) is 1.99. The van der Waals surface area contributed by atoms with Gasteiger partial charge in [-0.2, -0.15) is 0 Å². The van der Waals surface area contributed by atoms with Crippen molar-refractivity contribution in [3.63, 3.8) is 0 Å². The molecule has 37 heavy (non-hydrogen) atoms. The van der Waals surface area contributed by atoms with Crippen LogP contribution in [0, 0.1) is 5.92 Å². The molecule has 2 saturated heterocycles. The molecule has 1 atom stereocenters. The van der Waals surface area contributed by atoms with E-state index in [1.807, 2.05) is 44.0 Å². The number of H-pyrrole nitrogens is 1. The van der Waals surface area contributed by atoms with Gasteiger partial charge in [0, 0.05) is 55.6 Å².